The summed E-state index contributed by atoms with van der Waals surface area (Å²) in [5, 5.41) is 11.1. The fourth-order valence-electron chi connectivity index (χ4n) is 3.91. The summed E-state index contributed by atoms with van der Waals surface area (Å²) in [6.45, 7) is 0.0838. The first-order valence-electron chi connectivity index (χ1n) is 10.5. The number of hydrogen-bond acceptors (Lipinski definition) is 8. The van der Waals surface area contributed by atoms with Crippen molar-refractivity contribution in [2.24, 2.45) is 0 Å². The van der Waals surface area contributed by atoms with Crippen LogP contribution in [-0.2, 0) is 11.3 Å². The number of fused-ring (bicyclic) bond motifs is 2. The van der Waals surface area contributed by atoms with Gasteiger partial charge in [-0.25, -0.2) is 0 Å². The second-order valence-corrected chi connectivity index (χ2v) is 8.76. The van der Waals surface area contributed by atoms with Crippen LogP contribution >= 0.6 is 11.3 Å². The molecule has 0 saturated heterocycles. The highest BCUT2D eigenvalue weighted by Crippen LogP contribution is 2.26. The third-order valence-electron chi connectivity index (χ3n) is 5.55. The molecule has 2 aliphatic heterocycles. The molecule has 0 spiro atoms. The third-order valence-corrected chi connectivity index (χ3v) is 6.37. The molecule has 0 fully saturated rings. The molecule has 3 aromatic rings. The van der Waals surface area contributed by atoms with Gasteiger partial charge in [0.25, 0.3) is 23.6 Å². The summed E-state index contributed by atoms with van der Waals surface area (Å²) in [6.07, 6.45) is 0.360. The number of hydrogen-bond donors (Lipinski definition) is 1. The maximum absolute atomic E-state index is 12.5. The van der Waals surface area contributed by atoms with Gasteiger partial charge >= 0.3 is 0 Å². The largest absolute Gasteiger partial charge is 0.301 e. The van der Waals surface area contributed by atoms with Crippen LogP contribution in [0.4, 0.5) is 5.13 Å². The summed E-state index contributed by atoms with van der Waals surface area (Å²) < 4.78 is 0. The zero-order valence-electron chi connectivity index (χ0n) is 17.7. The fourth-order valence-corrected chi connectivity index (χ4v) is 4.65. The summed E-state index contributed by atoms with van der Waals surface area (Å²) in [5.41, 5.74) is 1.44. The van der Waals surface area contributed by atoms with Gasteiger partial charge in [-0.3, -0.25) is 33.8 Å². The van der Waals surface area contributed by atoms with Crippen LogP contribution < -0.4 is 5.32 Å². The predicted octanol–water partition coefficient (Wildman–Crippen LogP) is 2.35. The van der Waals surface area contributed by atoms with Crippen molar-refractivity contribution in [1.29, 1.82) is 0 Å². The molecule has 1 N–H and O–H groups in total. The van der Waals surface area contributed by atoms with Crippen molar-refractivity contribution in [2.75, 3.05) is 11.9 Å². The first-order valence-corrected chi connectivity index (χ1v) is 11.3. The van der Waals surface area contributed by atoms with E-state index in [9.17, 15) is 24.0 Å². The Bertz CT molecular complexity index is 1300. The Labute approximate surface area is 197 Å². The van der Waals surface area contributed by atoms with E-state index in [-0.39, 0.29) is 48.8 Å². The zero-order chi connectivity index (χ0) is 23.8. The van der Waals surface area contributed by atoms with Crippen LogP contribution in [0.5, 0.6) is 0 Å². The van der Waals surface area contributed by atoms with Crippen LogP contribution in [0.15, 0.2) is 48.5 Å². The Balaban J connectivity index is 1.13. The molecule has 0 atom stereocenters. The maximum atomic E-state index is 12.5. The summed E-state index contributed by atoms with van der Waals surface area (Å²) in [6, 6.07) is 13.2. The molecular weight excluding hydrogens is 458 g/mol. The molecule has 0 aliphatic carbocycles. The Morgan fingerprint density at radius 2 is 1.26 bits per heavy atom. The topological polar surface area (TPSA) is 130 Å². The van der Waals surface area contributed by atoms with Gasteiger partial charge in [0.15, 0.2) is 0 Å². The highest BCUT2D eigenvalue weighted by atomic mass is 32.1. The summed E-state index contributed by atoms with van der Waals surface area (Å²) >= 11 is 1.06. The lowest BCUT2D eigenvalue weighted by molar-refractivity contribution is -0.116. The standard InChI is InChI=1S/C23H17N5O5S/c29-17(10-5-11-27-19(30)13-6-1-2-7-14(13)20(27)31)24-23-26-25-18(34-23)12-28-21(32)15-8-3-4-9-16(15)22(28)33/h1-4,6-9H,5,10-12H2,(H,24,26,29). The summed E-state index contributed by atoms with van der Waals surface area (Å²) in [5.74, 6) is -1.85. The van der Waals surface area contributed by atoms with Crippen LogP contribution in [0.2, 0.25) is 0 Å². The first kappa shape index (κ1) is 21.6. The van der Waals surface area contributed by atoms with Crippen LogP contribution in [0.1, 0.15) is 59.3 Å². The number of carbonyl (C=O) groups is 5. The lowest BCUT2D eigenvalue weighted by Crippen LogP contribution is -2.31. The second-order valence-electron chi connectivity index (χ2n) is 7.70. The molecule has 2 aliphatic rings. The van der Waals surface area contributed by atoms with E-state index < -0.39 is 11.8 Å². The highest BCUT2D eigenvalue weighted by Gasteiger charge is 2.36. The lowest BCUT2D eigenvalue weighted by atomic mass is 10.1. The van der Waals surface area contributed by atoms with Gasteiger partial charge in [0, 0.05) is 13.0 Å². The molecule has 170 valence electrons. The van der Waals surface area contributed by atoms with Gasteiger partial charge in [0.2, 0.25) is 11.0 Å². The van der Waals surface area contributed by atoms with Crippen molar-refractivity contribution < 1.29 is 24.0 Å². The molecule has 1 aromatic heterocycles. The molecule has 2 aromatic carbocycles. The molecule has 10 nitrogen and oxygen atoms in total. The molecular formula is C23H17N5O5S. The van der Waals surface area contributed by atoms with Crippen LogP contribution in [0.3, 0.4) is 0 Å². The molecule has 11 heteroatoms. The highest BCUT2D eigenvalue weighted by molar-refractivity contribution is 7.15. The van der Waals surface area contributed by atoms with Gasteiger partial charge in [-0.05, 0) is 30.7 Å². The molecule has 0 bridgehead atoms. The van der Waals surface area contributed by atoms with E-state index >= 15 is 0 Å². The number of anilines is 1. The van der Waals surface area contributed by atoms with E-state index in [1.165, 1.54) is 0 Å². The molecule has 0 unspecified atom stereocenters. The SMILES string of the molecule is O=C(CCCN1C(=O)c2ccccc2C1=O)Nc1nnc(CN2C(=O)c3ccccc3C2=O)s1. The minimum atomic E-state index is -0.394. The van der Waals surface area contributed by atoms with Crippen molar-refractivity contribution in [3.63, 3.8) is 0 Å². The number of carbonyl (C=O) groups excluding carboxylic acids is 5. The van der Waals surface area contributed by atoms with E-state index in [2.05, 4.69) is 15.5 Å². The van der Waals surface area contributed by atoms with E-state index in [0.29, 0.717) is 27.3 Å². The minimum absolute atomic E-state index is 0.0420. The maximum Gasteiger partial charge on any atom is 0.261 e. The number of benzene rings is 2. The number of rotatable bonds is 7. The second kappa shape index (κ2) is 8.60. The van der Waals surface area contributed by atoms with Gasteiger partial charge in [0.05, 0.1) is 28.8 Å². The first-order chi connectivity index (χ1) is 16.4. The quantitative estimate of drug-likeness (QED) is 0.519. The van der Waals surface area contributed by atoms with Crippen LogP contribution in [-0.4, -0.2) is 56.1 Å². The lowest BCUT2D eigenvalue weighted by Gasteiger charge is -2.13. The van der Waals surface area contributed by atoms with E-state index in [0.717, 1.165) is 21.1 Å². The molecule has 5 amide bonds. The van der Waals surface area contributed by atoms with E-state index in [1.54, 1.807) is 48.5 Å². The summed E-state index contributed by atoms with van der Waals surface area (Å²) in [7, 11) is 0. The molecule has 5 rings (SSSR count). The van der Waals surface area contributed by atoms with Crippen molar-refractivity contribution in [3.05, 3.63) is 75.8 Å². The fraction of sp³-hybridized carbons (Fsp3) is 0.174. The van der Waals surface area contributed by atoms with Gasteiger partial charge in [-0.1, -0.05) is 35.6 Å². The number of nitrogens with one attached hydrogen (secondary N) is 1. The van der Waals surface area contributed by atoms with Crippen LogP contribution in [0, 0.1) is 0 Å². The van der Waals surface area contributed by atoms with Crippen molar-refractivity contribution >= 4 is 46.0 Å². The van der Waals surface area contributed by atoms with Gasteiger partial charge in [0.1, 0.15) is 5.01 Å². The Hall–Kier alpha value is -4.25. The number of aromatic nitrogens is 2. The third kappa shape index (κ3) is 3.75. The Kier molecular flexibility index (Phi) is 5.46. The smallest absolute Gasteiger partial charge is 0.261 e. The Morgan fingerprint density at radius 3 is 1.79 bits per heavy atom. The van der Waals surface area contributed by atoms with Gasteiger partial charge < -0.3 is 5.32 Å². The van der Waals surface area contributed by atoms with E-state index in [1.807, 2.05) is 0 Å². The zero-order valence-corrected chi connectivity index (χ0v) is 18.5. The van der Waals surface area contributed by atoms with Crippen molar-refractivity contribution in [1.82, 2.24) is 20.0 Å². The Morgan fingerprint density at radius 1 is 0.765 bits per heavy atom. The summed E-state index contributed by atoms with van der Waals surface area (Å²) in [4.78, 5) is 64.2. The van der Waals surface area contributed by atoms with E-state index in [4.69, 9.17) is 0 Å². The minimum Gasteiger partial charge on any atom is -0.301 e. The molecule has 34 heavy (non-hydrogen) atoms. The molecule has 3 heterocycles. The number of nitrogens with zero attached hydrogens (tertiary/aromatic N) is 4. The average molecular weight is 475 g/mol. The van der Waals surface area contributed by atoms with Gasteiger partial charge in [-0.2, -0.15) is 0 Å². The van der Waals surface area contributed by atoms with Crippen molar-refractivity contribution in [3.8, 4) is 0 Å². The van der Waals surface area contributed by atoms with Crippen LogP contribution in [0.25, 0.3) is 0 Å². The molecule has 0 radical (unpaired) electrons. The monoisotopic (exact) mass is 475 g/mol. The molecule has 0 saturated carbocycles. The van der Waals surface area contributed by atoms with Gasteiger partial charge in [-0.15, -0.1) is 10.2 Å². The number of imide groups is 2. The normalized spacial score (nSPS) is 14.6. The van der Waals surface area contributed by atoms with Crippen molar-refractivity contribution in [2.45, 2.75) is 19.4 Å². The predicted molar refractivity (Wildman–Crippen MR) is 120 cm³/mol. The number of amides is 5. The average Bonchev–Trinajstić information content (AvgIpc) is 3.46.